The van der Waals surface area contributed by atoms with Crippen molar-refractivity contribution in [3.8, 4) is 0 Å². The molecule has 0 bridgehead atoms. The van der Waals surface area contributed by atoms with Crippen LogP contribution < -0.4 is 5.32 Å². The van der Waals surface area contributed by atoms with Gasteiger partial charge in [-0.15, -0.1) is 0 Å². The molecular formula is C18H16F2N4O3. The number of benzene rings is 1. The van der Waals surface area contributed by atoms with E-state index in [2.05, 4.69) is 10.3 Å². The van der Waals surface area contributed by atoms with E-state index in [1.165, 1.54) is 24.5 Å². The number of piperazine rings is 1. The Kier molecular flexibility index (Phi) is 5.39. The van der Waals surface area contributed by atoms with Gasteiger partial charge in [-0.25, -0.2) is 8.78 Å². The fourth-order valence-corrected chi connectivity index (χ4v) is 2.67. The van der Waals surface area contributed by atoms with Crippen molar-refractivity contribution in [3.63, 3.8) is 0 Å². The first-order chi connectivity index (χ1) is 13.0. The predicted octanol–water partition coefficient (Wildman–Crippen LogP) is 1.53. The predicted molar refractivity (Wildman–Crippen MR) is 92.1 cm³/mol. The summed E-state index contributed by atoms with van der Waals surface area (Å²) in [5, 5.41) is 2.43. The van der Waals surface area contributed by atoms with Crippen molar-refractivity contribution in [2.24, 2.45) is 0 Å². The molecule has 1 aromatic carbocycles. The summed E-state index contributed by atoms with van der Waals surface area (Å²) < 4.78 is 26.2. The molecule has 0 spiro atoms. The molecule has 2 heterocycles. The zero-order valence-corrected chi connectivity index (χ0v) is 14.2. The van der Waals surface area contributed by atoms with Crippen molar-refractivity contribution >= 4 is 23.9 Å². The second-order valence-electron chi connectivity index (χ2n) is 5.98. The van der Waals surface area contributed by atoms with Gasteiger partial charge in [0, 0.05) is 50.3 Å². The van der Waals surface area contributed by atoms with Gasteiger partial charge in [-0.1, -0.05) is 0 Å². The molecule has 0 saturated carbocycles. The third-order valence-corrected chi connectivity index (χ3v) is 4.18. The third-order valence-electron chi connectivity index (χ3n) is 4.18. The number of nitrogens with zero attached hydrogens (tertiary/aromatic N) is 3. The first-order valence-electron chi connectivity index (χ1n) is 8.18. The highest BCUT2D eigenvalue weighted by molar-refractivity contribution is 6.05. The van der Waals surface area contributed by atoms with Gasteiger partial charge in [-0.3, -0.25) is 19.4 Å². The second-order valence-corrected chi connectivity index (χ2v) is 5.98. The zero-order chi connectivity index (χ0) is 19.4. The SMILES string of the molecule is O=CN1CCN(C(=O)c2cncc(C(=O)Nc3ccc(F)c(F)c3)c2)CC1. The Balaban J connectivity index is 1.71. The Labute approximate surface area is 153 Å². The maximum Gasteiger partial charge on any atom is 0.257 e. The number of pyridine rings is 1. The average molecular weight is 374 g/mol. The van der Waals surface area contributed by atoms with Crippen molar-refractivity contribution in [3.05, 3.63) is 59.4 Å². The number of halogens is 2. The van der Waals surface area contributed by atoms with Crippen LogP contribution >= 0.6 is 0 Å². The van der Waals surface area contributed by atoms with Crippen molar-refractivity contribution in [1.82, 2.24) is 14.8 Å². The molecule has 27 heavy (non-hydrogen) atoms. The molecule has 1 saturated heterocycles. The summed E-state index contributed by atoms with van der Waals surface area (Å²) in [4.78, 5) is 42.7. The molecule has 1 aliphatic heterocycles. The monoisotopic (exact) mass is 374 g/mol. The van der Waals surface area contributed by atoms with E-state index in [1.54, 1.807) is 9.80 Å². The summed E-state index contributed by atoms with van der Waals surface area (Å²) in [6.45, 7) is 1.67. The van der Waals surface area contributed by atoms with Gasteiger partial charge in [0.1, 0.15) is 0 Å². The number of amides is 3. The number of aromatic nitrogens is 1. The second kappa shape index (κ2) is 7.90. The average Bonchev–Trinajstić information content (AvgIpc) is 2.70. The summed E-state index contributed by atoms with van der Waals surface area (Å²) in [7, 11) is 0. The first-order valence-corrected chi connectivity index (χ1v) is 8.18. The largest absolute Gasteiger partial charge is 0.342 e. The Hall–Kier alpha value is -3.36. The summed E-state index contributed by atoms with van der Waals surface area (Å²) >= 11 is 0. The number of nitrogens with one attached hydrogen (secondary N) is 1. The summed E-state index contributed by atoms with van der Waals surface area (Å²) in [5.41, 5.74) is 0.421. The van der Waals surface area contributed by atoms with Gasteiger partial charge in [0.05, 0.1) is 11.1 Å². The van der Waals surface area contributed by atoms with E-state index < -0.39 is 17.5 Å². The molecule has 1 aliphatic rings. The molecule has 0 aliphatic carbocycles. The fourth-order valence-electron chi connectivity index (χ4n) is 2.67. The lowest BCUT2D eigenvalue weighted by Gasteiger charge is -2.32. The number of hydrogen-bond donors (Lipinski definition) is 1. The number of carbonyl (C=O) groups excluding carboxylic acids is 3. The smallest absolute Gasteiger partial charge is 0.257 e. The van der Waals surface area contributed by atoms with Crippen LogP contribution in [0.25, 0.3) is 0 Å². The molecule has 3 rings (SSSR count). The van der Waals surface area contributed by atoms with Crippen molar-refractivity contribution in [2.45, 2.75) is 0 Å². The lowest BCUT2D eigenvalue weighted by Crippen LogP contribution is -2.48. The van der Waals surface area contributed by atoms with E-state index in [4.69, 9.17) is 0 Å². The van der Waals surface area contributed by atoms with Crippen molar-refractivity contribution < 1.29 is 23.2 Å². The van der Waals surface area contributed by atoms with E-state index in [0.29, 0.717) is 26.2 Å². The first kappa shape index (κ1) is 18.4. The molecular weight excluding hydrogens is 358 g/mol. The number of carbonyl (C=O) groups is 3. The van der Waals surface area contributed by atoms with Crippen LogP contribution in [0.1, 0.15) is 20.7 Å². The quantitative estimate of drug-likeness (QED) is 0.823. The van der Waals surface area contributed by atoms with Crippen LogP contribution in [0.3, 0.4) is 0 Å². The minimum atomic E-state index is -1.08. The van der Waals surface area contributed by atoms with Crippen LogP contribution in [-0.2, 0) is 4.79 Å². The highest BCUT2D eigenvalue weighted by Gasteiger charge is 2.22. The number of anilines is 1. The van der Waals surface area contributed by atoms with Gasteiger partial charge in [-0.05, 0) is 18.2 Å². The standard InChI is InChI=1S/C18H16F2N4O3/c19-15-2-1-14(8-16(15)20)22-17(26)12-7-13(10-21-9-12)18(27)24-5-3-23(11-25)4-6-24/h1-2,7-11H,3-6H2,(H,22,26). The zero-order valence-electron chi connectivity index (χ0n) is 14.2. The molecule has 1 aromatic heterocycles. The molecule has 0 atom stereocenters. The van der Waals surface area contributed by atoms with Gasteiger partial charge < -0.3 is 15.1 Å². The number of rotatable bonds is 4. The van der Waals surface area contributed by atoms with E-state index in [9.17, 15) is 23.2 Å². The topological polar surface area (TPSA) is 82.6 Å². The Bertz CT molecular complexity index is 883. The lowest BCUT2D eigenvalue weighted by molar-refractivity contribution is -0.119. The third kappa shape index (κ3) is 4.25. The molecule has 0 radical (unpaired) electrons. The molecule has 1 N–H and O–H groups in total. The van der Waals surface area contributed by atoms with Gasteiger partial charge >= 0.3 is 0 Å². The van der Waals surface area contributed by atoms with Crippen molar-refractivity contribution in [2.75, 3.05) is 31.5 Å². The Morgan fingerprint density at radius 1 is 1.00 bits per heavy atom. The Morgan fingerprint density at radius 3 is 2.37 bits per heavy atom. The number of hydrogen-bond acceptors (Lipinski definition) is 4. The summed E-state index contributed by atoms with van der Waals surface area (Å²) in [6.07, 6.45) is 3.37. The Morgan fingerprint density at radius 2 is 1.70 bits per heavy atom. The minimum Gasteiger partial charge on any atom is -0.342 e. The molecule has 2 aromatic rings. The van der Waals surface area contributed by atoms with E-state index in [0.717, 1.165) is 18.5 Å². The van der Waals surface area contributed by atoms with Gasteiger partial charge in [0.2, 0.25) is 6.41 Å². The van der Waals surface area contributed by atoms with Crippen LogP contribution in [0, 0.1) is 11.6 Å². The van der Waals surface area contributed by atoms with Crippen LogP contribution in [0.2, 0.25) is 0 Å². The minimum absolute atomic E-state index is 0.0839. The van der Waals surface area contributed by atoms with E-state index >= 15 is 0 Å². The van der Waals surface area contributed by atoms with Gasteiger partial charge in [-0.2, -0.15) is 0 Å². The van der Waals surface area contributed by atoms with E-state index in [1.807, 2.05) is 0 Å². The summed E-state index contributed by atoms with van der Waals surface area (Å²) in [5.74, 6) is -2.99. The maximum absolute atomic E-state index is 13.2. The molecule has 1 fully saturated rings. The van der Waals surface area contributed by atoms with Crippen LogP contribution in [0.5, 0.6) is 0 Å². The molecule has 3 amide bonds. The maximum atomic E-state index is 13.2. The highest BCUT2D eigenvalue weighted by Crippen LogP contribution is 2.15. The molecule has 140 valence electrons. The normalized spacial score (nSPS) is 14.0. The van der Waals surface area contributed by atoms with Crippen LogP contribution in [0.15, 0.2) is 36.7 Å². The van der Waals surface area contributed by atoms with E-state index in [-0.39, 0.29) is 22.7 Å². The molecule has 0 unspecified atom stereocenters. The highest BCUT2D eigenvalue weighted by atomic mass is 19.2. The summed E-state index contributed by atoms with van der Waals surface area (Å²) in [6, 6.07) is 4.38. The molecule has 7 nitrogen and oxygen atoms in total. The fraction of sp³-hybridized carbons (Fsp3) is 0.222. The van der Waals surface area contributed by atoms with Crippen molar-refractivity contribution in [1.29, 1.82) is 0 Å². The lowest BCUT2D eigenvalue weighted by atomic mass is 10.1. The van der Waals surface area contributed by atoms with Gasteiger partial charge in [0.25, 0.3) is 11.8 Å². The van der Waals surface area contributed by atoms with Crippen LogP contribution in [-0.4, -0.2) is 59.2 Å². The van der Waals surface area contributed by atoms with Crippen LogP contribution in [0.4, 0.5) is 14.5 Å². The molecule has 9 heteroatoms. The van der Waals surface area contributed by atoms with Gasteiger partial charge in [0.15, 0.2) is 11.6 Å².